The Labute approximate surface area is 147 Å². The minimum atomic E-state index is -4.96. The van der Waals surface area contributed by atoms with Crippen LogP contribution in [0.3, 0.4) is 0 Å². The number of nitrogens with one attached hydrogen (secondary N) is 2. The predicted molar refractivity (Wildman–Crippen MR) is 88.1 cm³/mol. The maximum absolute atomic E-state index is 12.2. The molecule has 0 atom stereocenters. The molecular formula is C17H14ClF3N2O2. The van der Waals surface area contributed by atoms with E-state index in [0.717, 1.165) is 5.56 Å². The summed E-state index contributed by atoms with van der Waals surface area (Å²) in [5, 5.41) is 4.95. The number of halogens is 4. The van der Waals surface area contributed by atoms with Gasteiger partial charge >= 0.3 is 12.1 Å². The van der Waals surface area contributed by atoms with Crippen molar-refractivity contribution in [3.63, 3.8) is 0 Å². The third kappa shape index (κ3) is 6.11. The average Bonchev–Trinajstić information content (AvgIpc) is 2.52. The third-order valence-electron chi connectivity index (χ3n) is 3.19. The van der Waals surface area contributed by atoms with Crippen LogP contribution < -0.4 is 10.6 Å². The van der Waals surface area contributed by atoms with E-state index in [1.54, 1.807) is 35.6 Å². The fourth-order valence-corrected chi connectivity index (χ4v) is 2.27. The summed E-state index contributed by atoms with van der Waals surface area (Å²) in [6.45, 7) is 0.120. The van der Waals surface area contributed by atoms with E-state index >= 15 is 0 Å². The van der Waals surface area contributed by atoms with E-state index in [1.807, 2.05) is 0 Å². The molecule has 0 unspecified atom stereocenters. The summed E-state index contributed by atoms with van der Waals surface area (Å²) in [5.74, 6) is -2.30. The van der Waals surface area contributed by atoms with Crippen molar-refractivity contribution in [2.24, 2.45) is 0 Å². The Hall–Kier alpha value is -2.54. The molecule has 0 aliphatic heterocycles. The van der Waals surface area contributed by atoms with Crippen LogP contribution in [0.25, 0.3) is 0 Å². The van der Waals surface area contributed by atoms with Crippen molar-refractivity contribution in [1.82, 2.24) is 5.32 Å². The molecule has 132 valence electrons. The second-order valence-corrected chi connectivity index (χ2v) is 5.67. The van der Waals surface area contributed by atoms with Crippen LogP contribution in [-0.2, 0) is 22.6 Å². The van der Waals surface area contributed by atoms with Crippen LogP contribution in [-0.4, -0.2) is 18.0 Å². The molecule has 0 radical (unpaired) electrons. The molecule has 2 aromatic rings. The molecule has 2 aromatic carbocycles. The number of anilines is 1. The van der Waals surface area contributed by atoms with Crippen LogP contribution in [0.4, 0.5) is 18.9 Å². The topological polar surface area (TPSA) is 58.2 Å². The number of rotatable bonds is 5. The summed E-state index contributed by atoms with van der Waals surface area (Å²) < 4.78 is 36.7. The van der Waals surface area contributed by atoms with Crippen molar-refractivity contribution in [2.45, 2.75) is 19.1 Å². The van der Waals surface area contributed by atoms with Gasteiger partial charge in [-0.05, 0) is 35.4 Å². The van der Waals surface area contributed by atoms with Crippen LogP contribution in [0.5, 0.6) is 0 Å². The molecule has 0 fully saturated rings. The Morgan fingerprint density at radius 1 is 1.00 bits per heavy atom. The zero-order valence-electron chi connectivity index (χ0n) is 12.9. The number of carbonyl (C=O) groups is 2. The summed E-state index contributed by atoms with van der Waals surface area (Å²) in [4.78, 5) is 22.8. The van der Waals surface area contributed by atoms with Crippen LogP contribution in [0.15, 0.2) is 48.5 Å². The van der Waals surface area contributed by atoms with Gasteiger partial charge < -0.3 is 10.6 Å². The van der Waals surface area contributed by atoms with Gasteiger partial charge in [-0.15, -0.1) is 0 Å². The third-order valence-corrected chi connectivity index (χ3v) is 3.42. The van der Waals surface area contributed by atoms with Gasteiger partial charge in [-0.1, -0.05) is 35.9 Å². The largest absolute Gasteiger partial charge is 0.471 e. The number of carbonyl (C=O) groups excluding carboxylic acids is 2. The fraction of sp³-hybridized carbons (Fsp3) is 0.176. The van der Waals surface area contributed by atoms with Crippen molar-refractivity contribution in [3.8, 4) is 0 Å². The van der Waals surface area contributed by atoms with E-state index in [9.17, 15) is 22.8 Å². The number of amides is 2. The molecule has 4 nitrogen and oxygen atoms in total. The Morgan fingerprint density at radius 2 is 1.68 bits per heavy atom. The summed E-state index contributed by atoms with van der Waals surface area (Å²) >= 11 is 5.85. The number of benzene rings is 2. The van der Waals surface area contributed by atoms with Crippen molar-refractivity contribution in [3.05, 3.63) is 64.7 Å². The zero-order chi connectivity index (χ0) is 18.4. The highest BCUT2D eigenvalue weighted by Crippen LogP contribution is 2.19. The molecule has 0 bridgehead atoms. The van der Waals surface area contributed by atoms with Crippen LogP contribution in [0, 0.1) is 0 Å². The second kappa shape index (κ2) is 8.02. The molecule has 2 N–H and O–H groups in total. The fourth-order valence-electron chi connectivity index (χ4n) is 2.06. The van der Waals surface area contributed by atoms with Gasteiger partial charge in [-0.25, -0.2) is 0 Å². The maximum Gasteiger partial charge on any atom is 0.471 e. The standard InChI is InChI=1S/C17H14ClF3N2O2/c18-13-5-1-3-11(7-13)9-15(24)22-10-12-4-2-6-14(8-12)23-16(25)17(19,20)21/h1-8H,9-10H2,(H,22,24)(H,23,25). The van der Waals surface area contributed by atoms with Crippen LogP contribution in [0.1, 0.15) is 11.1 Å². The lowest BCUT2D eigenvalue weighted by molar-refractivity contribution is -0.167. The molecule has 0 aromatic heterocycles. The van der Waals surface area contributed by atoms with Gasteiger partial charge in [0.15, 0.2) is 0 Å². The zero-order valence-corrected chi connectivity index (χ0v) is 13.6. The Bertz CT molecular complexity index is 778. The lowest BCUT2D eigenvalue weighted by Gasteiger charge is -2.10. The van der Waals surface area contributed by atoms with E-state index < -0.39 is 12.1 Å². The highest BCUT2D eigenvalue weighted by molar-refractivity contribution is 6.30. The second-order valence-electron chi connectivity index (χ2n) is 5.24. The molecular weight excluding hydrogens is 357 g/mol. The monoisotopic (exact) mass is 370 g/mol. The Kier molecular flexibility index (Phi) is 6.03. The van der Waals surface area contributed by atoms with Crippen molar-refractivity contribution >= 4 is 29.1 Å². The van der Waals surface area contributed by atoms with Crippen molar-refractivity contribution < 1.29 is 22.8 Å². The molecule has 2 rings (SSSR count). The molecule has 2 amide bonds. The van der Waals surface area contributed by atoms with E-state index in [1.165, 1.54) is 18.2 Å². The molecule has 0 aliphatic carbocycles. The first kappa shape index (κ1) is 18.8. The summed E-state index contributed by atoms with van der Waals surface area (Å²) in [6.07, 6.45) is -4.83. The van der Waals surface area contributed by atoms with Crippen LogP contribution in [0.2, 0.25) is 5.02 Å². The summed E-state index contributed by atoms with van der Waals surface area (Å²) in [6, 6.07) is 12.7. The molecule has 0 heterocycles. The molecule has 8 heteroatoms. The lowest BCUT2D eigenvalue weighted by Crippen LogP contribution is -2.30. The molecule has 0 saturated carbocycles. The number of alkyl halides is 3. The molecule has 0 saturated heterocycles. The van der Waals surface area contributed by atoms with Gasteiger partial charge in [0, 0.05) is 17.3 Å². The summed E-state index contributed by atoms with van der Waals surface area (Å²) in [7, 11) is 0. The lowest BCUT2D eigenvalue weighted by atomic mass is 10.1. The van der Waals surface area contributed by atoms with Gasteiger partial charge in [0.1, 0.15) is 0 Å². The highest BCUT2D eigenvalue weighted by Gasteiger charge is 2.38. The molecule has 0 spiro atoms. The van der Waals surface area contributed by atoms with Crippen molar-refractivity contribution in [2.75, 3.05) is 5.32 Å². The van der Waals surface area contributed by atoms with Gasteiger partial charge in [-0.3, -0.25) is 9.59 Å². The molecule has 0 aliphatic rings. The van der Waals surface area contributed by atoms with E-state index in [0.29, 0.717) is 10.6 Å². The van der Waals surface area contributed by atoms with E-state index in [-0.39, 0.29) is 24.6 Å². The minimum absolute atomic E-state index is 0.00363. The molecule has 25 heavy (non-hydrogen) atoms. The van der Waals surface area contributed by atoms with Gasteiger partial charge in [0.05, 0.1) is 6.42 Å². The van der Waals surface area contributed by atoms with Gasteiger partial charge in [0.2, 0.25) is 5.91 Å². The first-order chi connectivity index (χ1) is 11.7. The van der Waals surface area contributed by atoms with E-state index in [2.05, 4.69) is 5.32 Å². The van der Waals surface area contributed by atoms with E-state index in [4.69, 9.17) is 11.6 Å². The Balaban J connectivity index is 1.91. The smallest absolute Gasteiger partial charge is 0.352 e. The first-order valence-electron chi connectivity index (χ1n) is 7.22. The summed E-state index contributed by atoms with van der Waals surface area (Å²) in [5.41, 5.74) is 1.31. The van der Waals surface area contributed by atoms with Crippen LogP contribution >= 0.6 is 11.6 Å². The minimum Gasteiger partial charge on any atom is -0.352 e. The van der Waals surface area contributed by atoms with Gasteiger partial charge in [-0.2, -0.15) is 13.2 Å². The van der Waals surface area contributed by atoms with Gasteiger partial charge in [0.25, 0.3) is 0 Å². The maximum atomic E-state index is 12.2. The first-order valence-corrected chi connectivity index (χ1v) is 7.60. The quantitative estimate of drug-likeness (QED) is 0.843. The SMILES string of the molecule is O=C(Cc1cccc(Cl)c1)NCc1cccc(NC(=O)C(F)(F)F)c1. The number of hydrogen-bond acceptors (Lipinski definition) is 2. The highest BCUT2D eigenvalue weighted by atomic mass is 35.5. The number of hydrogen-bond donors (Lipinski definition) is 2. The predicted octanol–water partition coefficient (Wildman–Crippen LogP) is 3.70. The van der Waals surface area contributed by atoms with Crippen molar-refractivity contribution in [1.29, 1.82) is 0 Å². The Morgan fingerprint density at radius 3 is 2.36 bits per heavy atom. The average molecular weight is 371 g/mol. The normalized spacial score (nSPS) is 11.0.